The lowest BCUT2D eigenvalue weighted by Gasteiger charge is -2.04. The molecule has 84 valence electrons. The molecule has 1 aromatic heterocycles. The van der Waals surface area contributed by atoms with Gasteiger partial charge in [0.2, 0.25) is 5.88 Å². The van der Waals surface area contributed by atoms with E-state index in [-0.39, 0.29) is 5.88 Å². The number of benzene rings is 1. The number of hydrogen-bond acceptors (Lipinski definition) is 2. The molecule has 0 amide bonds. The normalized spacial score (nSPS) is 10.6. The Morgan fingerprint density at radius 2 is 2.00 bits per heavy atom. The Hall–Kier alpha value is -1.77. The van der Waals surface area contributed by atoms with E-state index in [1.807, 2.05) is 31.2 Å². The third kappa shape index (κ3) is 1.81. The Balaban J connectivity index is 2.45. The minimum absolute atomic E-state index is 0.260. The van der Waals surface area contributed by atoms with Gasteiger partial charge in [0.25, 0.3) is 0 Å². The van der Waals surface area contributed by atoms with Crippen molar-refractivity contribution in [2.45, 2.75) is 26.8 Å². The molecule has 0 atom stereocenters. The molecule has 0 aliphatic heterocycles. The second kappa shape index (κ2) is 4.39. The van der Waals surface area contributed by atoms with Crippen molar-refractivity contribution in [2.75, 3.05) is 0 Å². The van der Waals surface area contributed by atoms with Crippen molar-refractivity contribution >= 4 is 0 Å². The number of aromatic hydroxyl groups is 1. The van der Waals surface area contributed by atoms with Gasteiger partial charge in [0.1, 0.15) is 0 Å². The highest BCUT2D eigenvalue weighted by Gasteiger charge is 2.11. The molecule has 2 rings (SSSR count). The van der Waals surface area contributed by atoms with Gasteiger partial charge >= 0.3 is 0 Å². The van der Waals surface area contributed by atoms with E-state index in [0.29, 0.717) is 0 Å². The fourth-order valence-electron chi connectivity index (χ4n) is 1.82. The van der Waals surface area contributed by atoms with Crippen LogP contribution in [0.1, 0.15) is 18.9 Å². The van der Waals surface area contributed by atoms with Crippen LogP contribution in [0, 0.1) is 6.92 Å². The van der Waals surface area contributed by atoms with Crippen molar-refractivity contribution in [3.8, 4) is 17.0 Å². The van der Waals surface area contributed by atoms with Gasteiger partial charge in [-0.2, -0.15) is 5.10 Å². The zero-order valence-electron chi connectivity index (χ0n) is 9.64. The quantitative estimate of drug-likeness (QED) is 0.856. The van der Waals surface area contributed by atoms with Crippen LogP contribution in [0.2, 0.25) is 0 Å². The summed E-state index contributed by atoms with van der Waals surface area (Å²) in [6.07, 6.45) is 2.69. The molecule has 0 spiro atoms. The molecular formula is C13H16N2O. The van der Waals surface area contributed by atoms with E-state index in [0.717, 1.165) is 29.7 Å². The predicted molar refractivity (Wildman–Crippen MR) is 64.4 cm³/mol. The van der Waals surface area contributed by atoms with Gasteiger partial charge in [0.05, 0.1) is 11.8 Å². The molecule has 2 aromatic rings. The lowest BCUT2D eigenvalue weighted by Crippen LogP contribution is -1.97. The minimum Gasteiger partial charge on any atom is -0.493 e. The largest absolute Gasteiger partial charge is 0.493 e. The summed E-state index contributed by atoms with van der Waals surface area (Å²) in [7, 11) is 0. The van der Waals surface area contributed by atoms with Crippen molar-refractivity contribution in [3.63, 3.8) is 0 Å². The van der Waals surface area contributed by atoms with Gasteiger partial charge in [0.15, 0.2) is 0 Å². The number of rotatable bonds is 3. The van der Waals surface area contributed by atoms with E-state index in [1.165, 1.54) is 0 Å². The lowest BCUT2D eigenvalue weighted by atomic mass is 10.0. The van der Waals surface area contributed by atoms with Crippen LogP contribution in [0.5, 0.6) is 5.88 Å². The van der Waals surface area contributed by atoms with Crippen LogP contribution in [0.3, 0.4) is 0 Å². The maximum atomic E-state index is 10.0. The van der Waals surface area contributed by atoms with Gasteiger partial charge in [0, 0.05) is 6.54 Å². The van der Waals surface area contributed by atoms with E-state index in [1.54, 1.807) is 10.9 Å². The first-order valence-electron chi connectivity index (χ1n) is 5.54. The molecule has 0 unspecified atom stereocenters. The average Bonchev–Trinajstić information content (AvgIpc) is 2.62. The van der Waals surface area contributed by atoms with E-state index in [9.17, 15) is 5.11 Å². The molecule has 3 heteroatoms. The Bertz CT molecular complexity index is 488. The van der Waals surface area contributed by atoms with Crippen molar-refractivity contribution in [3.05, 3.63) is 36.0 Å². The second-order valence-electron chi connectivity index (χ2n) is 3.92. The molecule has 0 aliphatic rings. The highest BCUT2D eigenvalue weighted by atomic mass is 16.3. The fraction of sp³-hybridized carbons (Fsp3) is 0.308. The van der Waals surface area contributed by atoms with Gasteiger partial charge in [-0.05, 0) is 24.5 Å². The average molecular weight is 216 g/mol. The smallest absolute Gasteiger partial charge is 0.217 e. The van der Waals surface area contributed by atoms with Crippen LogP contribution in [-0.2, 0) is 6.54 Å². The highest BCUT2D eigenvalue weighted by Crippen LogP contribution is 2.30. The summed E-state index contributed by atoms with van der Waals surface area (Å²) in [6, 6.07) is 8.00. The number of aromatic nitrogens is 2. The molecule has 0 radical (unpaired) electrons. The fourth-order valence-corrected chi connectivity index (χ4v) is 1.82. The van der Waals surface area contributed by atoms with E-state index in [4.69, 9.17) is 0 Å². The molecule has 16 heavy (non-hydrogen) atoms. The van der Waals surface area contributed by atoms with Crippen LogP contribution < -0.4 is 0 Å². The lowest BCUT2D eigenvalue weighted by molar-refractivity contribution is 0.399. The van der Waals surface area contributed by atoms with E-state index >= 15 is 0 Å². The molecule has 0 saturated carbocycles. The third-order valence-corrected chi connectivity index (χ3v) is 2.68. The Morgan fingerprint density at radius 3 is 2.69 bits per heavy atom. The summed E-state index contributed by atoms with van der Waals surface area (Å²) in [5.41, 5.74) is 3.00. The Labute approximate surface area is 95.3 Å². The number of aryl methyl sites for hydroxylation is 2. The van der Waals surface area contributed by atoms with Crippen LogP contribution >= 0.6 is 0 Å². The second-order valence-corrected chi connectivity index (χ2v) is 3.92. The summed E-state index contributed by atoms with van der Waals surface area (Å²) in [4.78, 5) is 0. The monoisotopic (exact) mass is 216 g/mol. The first kappa shape index (κ1) is 10.7. The van der Waals surface area contributed by atoms with Crippen LogP contribution in [0.25, 0.3) is 11.1 Å². The first-order chi connectivity index (χ1) is 7.74. The number of hydrogen-bond donors (Lipinski definition) is 1. The Kier molecular flexibility index (Phi) is 2.95. The SMILES string of the molecule is CCCn1ncc(-c2ccccc2C)c1O. The van der Waals surface area contributed by atoms with Crippen molar-refractivity contribution < 1.29 is 5.11 Å². The third-order valence-electron chi connectivity index (χ3n) is 2.68. The van der Waals surface area contributed by atoms with E-state index in [2.05, 4.69) is 12.0 Å². The van der Waals surface area contributed by atoms with E-state index < -0.39 is 0 Å². The molecule has 1 aromatic carbocycles. The molecule has 1 N–H and O–H groups in total. The number of nitrogens with zero attached hydrogens (tertiary/aromatic N) is 2. The summed E-state index contributed by atoms with van der Waals surface area (Å²) >= 11 is 0. The van der Waals surface area contributed by atoms with Crippen molar-refractivity contribution in [1.82, 2.24) is 9.78 Å². The summed E-state index contributed by atoms with van der Waals surface area (Å²) in [5.74, 6) is 0.260. The topological polar surface area (TPSA) is 38.0 Å². The molecule has 0 saturated heterocycles. The zero-order chi connectivity index (χ0) is 11.5. The molecule has 0 bridgehead atoms. The minimum atomic E-state index is 0.260. The molecule has 0 aliphatic carbocycles. The summed E-state index contributed by atoms with van der Waals surface area (Å²) < 4.78 is 1.64. The standard InChI is InChI=1S/C13H16N2O/c1-3-8-15-13(16)12(9-14-15)11-7-5-4-6-10(11)2/h4-7,9,16H,3,8H2,1-2H3. The van der Waals surface area contributed by atoms with Gasteiger partial charge in [-0.3, -0.25) is 0 Å². The van der Waals surface area contributed by atoms with Gasteiger partial charge in [-0.25, -0.2) is 4.68 Å². The molecule has 1 heterocycles. The maximum absolute atomic E-state index is 10.0. The highest BCUT2D eigenvalue weighted by molar-refractivity contribution is 5.70. The zero-order valence-corrected chi connectivity index (χ0v) is 9.64. The van der Waals surface area contributed by atoms with Crippen LogP contribution in [0.15, 0.2) is 30.5 Å². The van der Waals surface area contributed by atoms with Crippen LogP contribution in [0.4, 0.5) is 0 Å². The van der Waals surface area contributed by atoms with Gasteiger partial charge in [-0.15, -0.1) is 0 Å². The van der Waals surface area contributed by atoms with Crippen molar-refractivity contribution in [2.24, 2.45) is 0 Å². The van der Waals surface area contributed by atoms with Gasteiger partial charge in [-0.1, -0.05) is 31.2 Å². The molecule has 0 fully saturated rings. The maximum Gasteiger partial charge on any atom is 0.217 e. The van der Waals surface area contributed by atoms with Crippen molar-refractivity contribution in [1.29, 1.82) is 0 Å². The predicted octanol–water partition coefficient (Wildman–Crippen LogP) is 2.97. The Morgan fingerprint density at radius 1 is 1.25 bits per heavy atom. The summed E-state index contributed by atoms with van der Waals surface area (Å²) in [5, 5.41) is 14.2. The summed E-state index contributed by atoms with van der Waals surface area (Å²) in [6.45, 7) is 4.85. The first-order valence-corrected chi connectivity index (χ1v) is 5.54. The molecule has 3 nitrogen and oxygen atoms in total. The molecular weight excluding hydrogens is 200 g/mol. The van der Waals surface area contributed by atoms with Crippen LogP contribution in [-0.4, -0.2) is 14.9 Å². The van der Waals surface area contributed by atoms with Gasteiger partial charge < -0.3 is 5.11 Å².